The molecule has 1 saturated heterocycles. The Hall–Kier alpha value is -3.19. The molecule has 2 heterocycles. The summed E-state index contributed by atoms with van der Waals surface area (Å²) in [5.74, 6) is 0.736. The number of rotatable bonds is 7. The fourth-order valence-electron chi connectivity index (χ4n) is 3.52. The smallest absolute Gasteiger partial charge is 0.254 e. The highest BCUT2D eigenvalue weighted by atomic mass is 19.1. The average molecular weight is 410 g/mol. The molecule has 3 aromatic rings. The van der Waals surface area contributed by atoms with E-state index in [-0.39, 0.29) is 24.4 Å². The zero-order valence-electron chi connectivity index (χ0n) is 16.7. The van der Waals surface area contributed by atoms with Crippen LogP contribution in [-0.4, -0.2) is 42.3 Å². The molecule has 0 bridgehead atoms. The third-order valence-electron chi connectivity index (χ3n) is 5.09. The van der Waals surface area contributed by atoms with Crippen LogP contribution in [0.15, 0.2) is 59.1 Å². The number of hydrogen-bond acceptors (Lipinski definition) is 5. The molecular weight excluding hydrogens is 387 g/mol. The van der Waals surface area contributed by atoms with Crippen molar-refractivity contribution in [3.63, 3.8) is 0 Å². The molecule has 0 N–H and O–H groups in total. The number of aromatic nitrogens is 1. The first-order valence-electron chi connectivity index (χ1n) is 9.89. The Balaban J connectivity index is 1.54. The molecule has 1 aromatic heterocycles. The lowest BCUT2D eigenvalue weighted by atomic mass is 10.1. The topological polar surface area (TPSA) is 64.8 Å². The van der Waals surface area contributed by atoms with Crippen molar-refractivity contribution in [1.29, 1.82) is 0 Å². The first-order valence-corrected chi connectivity index (χ1v) is 9.89. The number of amides is 1. The molecule has 2 aromatic carbocycles. The van der Waals surface area contributed by atoms with Gasteiger partial charge in [-0.25, -0.2) is 4.39 Å². The van der Waals surface area contributed by atoms with Gasteiger partial charge >= 0.3 is 0 Å². The molecule has 1 amide bonds. The van der Waals surface area contributed by atoms with Crippen molar-refractivity contribution in [3.8, 4) is 17.1 Å². The van der Waals surface area contributed by atoms with Gasteiger partial charge in [-0.3, -0.25) is 4.79 Å². The van der Waals surface area contributed by atoms with Crippen LogP contribution in [0.1, 0.15) is 28.9 Å². The molecule has 6 nitrogen and oxygen atoms in total. The summed E-state index contributed by atoms with van der Waals surface area (Å²) in [6.45, 7) is 1.41. The molecule has 1 atom stereocenters. The van der Waals surface area contributed by atoms with Gasteiger partial charge in [0.05, 0.1) is 19.8 Å². The Bertz CT molecular complexity index is 996. The first kappa shape index (κ1) is 20.1. The summed E-state index contributed by atoms with van der Waals surface area (Å²) in [6.07, 6.45) is 1.87. The summed E-state index contributed by atoms with van der Waals surface area (Å²) in [4.78, 5) is 14.8. The van der Waals surface area contributed by atoms with Crippen LogP contribution in [0.2, 0.25) is 0 Å². The second-order valence-electron chi connectivity index (χ2n) is 7.24. The number of nitrogens with zero attached hydrogens (tertiary/aromatic N) is 2. The Morgan fingerprint density at radius 2 is 2.07 bits per heavy atom. The quantitative estimate of drug-likeness (QED) is 0.581. The maximum Gasteiger partial charge on any atom is 0.254 e. The van der Waals surface area contributed by atoms with Gasteiger partial charge in [0, 0.05) is 30.3 Å². The fraction of sp³-hybridized carbons (Fsp3) is 0.304. The van der Waals surface area contributed by atoms with Crippen LogP contribution < -0.4 is 4.74 Å². The predicted molar refractivity (Wildman–Crippen MR) is 109 cm³/mol. The molecule has 4 rings (SSSR count). The van der Waals surface area contributed by atoms with Crippen molar-refractivity contribution in [1.82, 2.24) is 10.1 Å². The minimum atomic E-state index is -0.378. The minimum absolute atomic E-state index is 0.0147. The van der Waals surface area contributed by atoms with Gasteiger partial charge in [0.1, 0.15) is 17.3 Å². The van der Waals surface area contributed by atoms with Gasteiger partial charge in [-0.05, 0) is 49.2 Å². The molecule has 156 valence electrons. The van der Waals surface area contributed by atoms with Crippen LogP contribution in [0.25, 0.3) is 11.3 Å². The lowest BCUT2D eigenvalue weighted by molar-refractivity contribution is 0.0502. The largest absolute Gasteiger partial charge is 0.497 e. The van der Waals surface area contributed by atoms with Crippen molar-refractivity contribution in [2.45, 2.75) is 25.5 Å². The highest BCUT2D eigenvalue weighted by Crippen LogP contribution is 2.25. The summed E-state index contributed by atoms with van der Waals surface area (Å²) in [5.41, 5.74) is 1.89. The van der Waals surface area contributed by atoms with Crippen LogP contribution >= 0.6 is 0 Å². The molecule has 0 spiro atoms. The van der Waals surface area contributed by atoms with Crippen molar-refractivity contribution >= 4 is 5.91 Å². The van der Waals surface area contributed by atoms with E-state index in [1.54, 1.807) is 12.0 Å². The fourth-order valence-corrected chi connectivity index (χ4v) is 3.52. The SMILES string of the molecule is COc1cccc(-c2cc(CN(CC3CCCO3)C(=O)c3ccc(F)cc3)no2)c1. The van der Waals surface area contributed by atoms with E-state index < -0.39 is 0 Å². The Labute approximate surface area is 174 Å². The molecule has 1 unspecified atom stereocenters. The van der Waals surface area contributed by atoms with Crippen molar-refractivity contribution < 1.29 is 23.2 Å². The lowest BCUT2D eigenvalue weighted by Gasteiger charge is -2.24. The third-order valence-corrected chi connectivity index (χ3v) is 5.09. The van der Waals surface area contributed by atoms with Crippen LogP contribution in [0.3, 0.4) is 0 Å². The van der Waals surface area contributed by atoms with E-state index in [2.05, 4.69) is 5.16 Å². The summed E-state index contributed by atoms with van der Waals surface area (Å²) in [5, 5.41) is 4.14. The average Bonchev–Trinajstić information content (AvgIpc) is 3.46. The van der Waals surface area contributed by atoms with Gasteiger partial charge in [0.15, 0.2) is 5.76 Å². The van der Waals surface area contributed by atoms with E-state index in [1.807, 2.05) is 30.3 Å². The number of methoxy groups -OCH3 is 1. The second-order valence-corrected chi connectivity index (χ2v) is 7.24. The van der Waals surface area contributed by atoms with Gasteiger partial charge in [-0.15, -0.1) is 0 Å². The zero-order chi connectivity index (χ0) is 20.9. The third kappa shape index (κ3) is 4.68. The minimum Gasteiger partial charge on any atom is -0.497 e. The zero-order valence-corrected chi connectivity index (χ0v) is 16.7. The Morgan fingerprint density at radius 3 is 2.80 bits per heavy atom. The van der Waals surface area contributed by atoms with Gasteiger partial charge in [-0.2, -0.15) is 0 Å². The molecule has 0 saturated carbocycles. The highest BCUT2D eigenvalue weighted by molar-refractivity contribution is 5.94. The number of benzene rings is 2. The highest BCUT2D eigenvalue weighted by Gasteiger charge is 2.25. The molecule has 0 radical (unpaired) electrons. The number of hydrogen-bond donors (Lipinski definition) is 0. The number of carbonyl (C=O) groups is 1. The van der Waals surface area contributed by atoms with E-state index in [4.69, 9.17) is 14.0 Å². The Morgan fingerprint density at radius 1 is 1.23 bits per heavy atom. The van der Waals surface area contributed by atoms with Crippen molar-refractivity contribution in [2.24, 2.45) is 0 Å². The maximum atomic E-state index is 13.3. The van der Waals surface area contributed by atoms with E-state index in [9.17, 15) is 9.18 Å². The normalized spacial score (nSPS) is 15.9. The molecule has 30 heavy (non-hydrogen) atoms. The van der Waals surface area contributed by atoms with Gasteiger partial charge < -0.3 is 18.9 Å². The second kappa shape index (κ2) is 9.09. The van der Waals surface area contributed by atoms with E-state index >= 15 is 0 Å². The van der Waals surface area contributed by atoms with Crippen LogP contribution in [0, 0.1) is 5.82 Å². The van der Waals surface area contributed by atoms with E-state index in [0.29, 0.717) is 30.2 Å². The number of halogens is 1. The predicted octanol–water partition coefficient (Wildman–Crippen LogP) is 4.31. The molecule has 1 aliphatic rings. The molecule has 7 heteroatoms. The van der Waals surface area contributed by atoms with E-state index in [0.717, 1.165) is 24.2 Å². The molecular formula is C23H23FN2O4. The van der Waals surface area contributed by atoms with Gasteiger partial charge in [-0.1, -0.05) is 17.3 Å². The van der Waals surface area contributed by atoms with Gasteiger partial charge in [0.25, 0.3) is 5.91 Å². The monoisotopic (exact) mass is 410 g/mol. The lowest BCUT2D eigenvalue weighted by Crippen LogP contribution is -2.37. The van der Waals surface area contributed by atoms with Crippen LogP contribution in [-0.2, 0) is 11.3 Å². The number of carbonyl (C=O) groups excluding carboxylic acids is 1. The van der Waals surface area contributed by atoms with Crippen molar-refractivity contribution in [2.75, 3.05) is 20.3 Å². The first-order chi connectivity index (χ1) is 14.6. The summed E-state index contributed by atoms with van der Waals surface area (Å²) in [7, 11) is 1.61. The summed E-state index contributed by atoms with van der Waals surface area (Å²) >= 11 is 0. The molecule has 1 fully saturated rings. The van der Waals surface area contributed by atoms with Crippen LogP contribution in [0.4, 0.5) is 4.39 Å². The molecule has 0 aliphatic carbocycles. The molecule has 1 aliphatic heterocycles. The Kier molecular flexibility index (Phi) is 6.09. The summed E-state index contributed by atoms with van der Waals surface area (Å²) in [6, 6.07) is 14.9. The van der Waals surface area contributed by atoms with Gasteiger partial charge in [0.2, 0.25) is 0 Å². The number of ether oxygens (including phenoxy) is 2. The van der Waals surface area contributed by atoms with E-state index in [1.165, 1.54) is 24.3 Å². The van der Waals surface area contributed by atoms with Crippen LogP contribution in [0.5, 0.6) is 5.75 Å². The standard InChI is InChI=1S/C23H23FN2O4/c1-28-20-5-2-4-17(12-20)22-13-19(25-30-22)14-26(15-21-6-3-11-29-21)23(27)16-7-9-18(24)10-8-16/h2,4-5,7-10,12-13,21H,3,6,11,14-15H2,1H3. The van der Waals surface area contributed by atoms with Crippen molar-refractivity contribution in [3.05, 3.63) is 71.7 Å². The summed E-state index contributed by atoms with van der Waals surface area (Å²) < 4.78 is 29.7. The maximum absolute atomic E-state index is 13.3.